The molecule has 1 aliphatic rings. The molecule has 8 nitrogen and oxygen atoms in total. The Morgan fingerprint density at radius 3 is 2.36 bits per heavy atom. The molecule has 9 heteroatoms. The molecule has 0 saturated heterocycles. The van der Waals surface area contributed by atoms with Crippen molar-refractivity contribution in [3.05, 3.63) is 51.4 Å². The molecule has 1 aliphatic heterocycles. The van der Waals surface area contributed by atoms with Crippen LogP contribution in [0.4, 0.5) is 5.00 Å². The number of amides is 3. The number of hydrogen-bond acceptors (Lipinski definition) is 6. The molecule has 2 heterocycles. The van der Waals surface area contributed by atoms with Crippen LogP contribution in [0.1, 0.15) is 48.4 Å². The van der Waals surface area contributed by atoms with E-state index in [2.05, 4.69) is 10.1 Å². The van der Waals surface area contributed by atoms with Gasteiger partial charge in [-0.3, -0.25) is 14.4 Å². The minimum atomic E-state index is -0.620. The van der Waals surface area contributed by atoms with Gasteiger partial charge in [-0.25, -0.2) is 4.79 Å². The molecule has 2 aromatic rings. The average Bonchev–Trinajstić information content (AvgIpc) is 3.04. The van der Waals surface area contributed by atoms with E-state index in [0.29, 0.717) is 41.2 Å². The van der Waals surface area contributed by atoms with Gasteiger partial charge in [0.15, 0.2) is 0 Å². The molecule has 3 N–H and O–H groups in total. The number of ether oxygens (including phenoxy) is 1. The first kappa shape index (κ1) is 19.6. The van der Waals surface area contributed by atoms with E-state index in [-0.39, 0.29) is 5.91 Å². The van der Waals surface area contributed by atoms with Crippen molar-refractivity contribution in [1.82, 2.24) is 4.90 Å². The number of nitrogens with one attached hydrogen (secondary N) is 1. The Bertz CT molecular complexity index is 965. The lowest BCUT2D eigenvalue weighted by Gasteiger charge is -2.25. The Morgan fingerprint density at radius 2 is 1.79 bits per heavy atom. The molecule has 0 radical (unpaired) electrons. The van der Waals surface area contributed by atoms with E-state index in [4.69, 9.17) is 5.73 Å². The van der Waals surface area contributed by atoms with Crippen LogP contribution in [-0.2, 0) is 22.5 Å². The van der Waals surface area contributed by atoms with Gasteiger partial charge in [-0.1, -0.05) is 0 Å². The van der Waals surface area contributed by atoms with E-state index >= 15 is 0 Å². The highest BCUT2D eigenvalue weighted by molar-refractivity contribution is 7.17. The highest BCUT2D eigenvalue weighted by atomic mass is 32.1. The number of fused-ring (bicyclic) bond motifs is 1. The Kier molecular flexibility index (Phi) is 5.46. The molecular weight excluding hydrogens is 382 g/mol. The van der Waals surface area contributed by atoms with Crippen LogP contribution in [0.25, 0.3) is 0 Å². The van der Waals surface area contributed by atoms with E-state index in [1.165, 1.54) is 49.6 Å². The second kappa shape index (κ2) is 7.81. The zero-order valence-electron chi connectivity index (χ0n) is 15.4. The Morgan fingerprint density at radius 1 is 1.14 bits per heavy atom. The summed E-state index contributed by atoms with van der Waals surface area (Å²) >= 11 is 1.25. The number of thiophene rings is 1. The molecule has 1 aromatic heterocycles. The van der Waals surface area contributed by atoms with Gasteiger partial charge in [-0.15, -0.1) is 11.3 Å². The van der Waals surface area contributed by atoms with Crippen molar-refractivity contribution in [1.29, 1.82) is 0 Å². The summed E-state index contributed by atoms with van der Waals surface area (Å²) in [5, 5.41) is 3.10. The molecule has 3 amide bonds. The van der Waals surface area contributed by atoms with Crippen LogP contribution in [-0.4, -0.2) is 42.2 Å². The van der Waals surface area contributed by atoms with Crippen LogP contribution in [0.5, 0.6) is 0 Å². The molecule has 3 rings (SSSR count). The third-order valence-electron chi connectivity index (χ3n) is 4.54. The zero-order chi connectivity index (χ0) is 20.4. The maximum Gasteiger partial charge on any atom is 0.337 e. The number of rotatable bonds is 4. The maximum atomic E-state index is 12.6. The molecule has 0 saturated carbocycles. The molecule has 0 fully saturated rings. The number of nitrogens with two attached hydrogens (primary N) is 1. The van der Waals surface area contributed by atoms with Crippen LogP contribution in [0, 0.1) is 0 Å². The van der Waals surface area contributed by atoms with Crippen molar-refractivity contribution < 1.29 is 23.9 Å². The molecule has 1 aromatic carbocycles. The molecule has 28 heavy (non-hydrogen) atoms. The van der Waals surface area contributed by atoms with Crippen LogP contribution in [0.15, 0.2) is 24.3 Å². The SMILES string of the molecule is COC(=O)c1ccc(C(=O)Nc2sc3c(c2C(N)=O)CCN(C(C)=O)C3)cc1. The largest absolute Gasteiger partial charge is 0.465 e. The number of carbonyl (C=O) groups is 4. The first-order valence-corrected chi connectivity index (χ1v) is 9.33. The first-order chi connectivity index (χ1) is 13.3. The summed E-state index contributed by atoms with van der Waals surface area (Å²) in [6, 6.07) is 5.97. The monoisotopic (exact) mass is 401 g/mol. The number of nitrogens with zero attached hydrogens (tertiary/aromatic N) is 1. The number of esters is 1. The van der Waals surface area contributed by atoms with E-state index in [1.807, 2.05) is 0 Å². The van der Waals surface area contributed by atoms with Crippen LogP contribution < -0.4 is 11.1 Å². The minimum absolute atomic E-state index is 0.0454. The standard InChI is InChI=1S/C19H19N3O5S/c1-10(23)22-8-7-13-14(9-22)28-18(15(13)16(20)24)21-17(25)11-3-5-12(6-4-11)19(26)27-2/h3-6H,7-9H2,1-2H3,(H2,20,24)(H,21,25). The summed E-state index contributed by atoms with van der Waals surface area (Å²) < 4.78 is 4.63. The molecule has 0 spiro atoms. The Balaban J connectivity index is 1.86. The third-order valence-corrected chi connectivity index (χ3v) is 5.68. The molecule has 0 bridgehead atoms. The van der Waals surface area contributed by atoms with Gasteiger partial charge in [0.25, 0.3) is 11.8 Å². The fourth-order valence-electron chi connectivity index (χ4n) is 3.07. The van der Waals surface area contributed by atoms with Gasteiger partial charge in [-0.05, 0) is 36.2 Å². The number of primary amides is 1. The fraction of sp³-hybridized carbons (Fsp3) is 0.263. The van der Waals surface area contributed by atoms with Crippen LogP contribution >= 0.6 is 11.3 Å². The normalized spacial score (nSPS) is 12.9. The number of anilines is 1. The predicted octanol–water partition coefficient (Wildman–Crippen LogP) is 1.79. The quantitative estimate of drug-likeness (QED) is 0.757. The lowest BCUT2D eigenvalue weighted by atomic mass is 10.0. The van der Waals surface area contributed by atoms with E-state index in [0.717, 1.165) is 10.4 Å². The summed E-state index contributed by atoms with van der Waals surface area (Å²) in [6.07, 6.45) is 0.507. The summed E-state index contributed by atoms with van der Waals surface area (Å²) in [4.78, 5) is 50.2. The van der Waals surface area contributed by atoms with Crippen molar-refractivity contribution in [2.24, 2.45) is 5.73 Å². The lowest BCUT2D eigenvalue weighted by Crippen LogP contribution is -2.34. The van der Waals surface area contributed by atoms with Crippen molar-refractivity contribution in [3.63, 3.8) is 0 Å². The molecule has 0 atom stereocenters. The lowest BCUT2D eigenvalue weighted by molar-refractivity contribution is -0.129. The highest BCUT2D eigenvalue weighted by Crippen LogP contribution is 2.37. The smallest absolute Gasteiger partial charge is 0.337 e. The highest BCUT2D eigenvalue weighted by Gasteiger charge is 2.28. The van der Waals surface area contributed by atoms with Gasteiger partial charge >= 0.3 is 5.97 Å². The van der Waals surface area contributed by atoms with Gasteiger partial charge in [0.1, 0.15) is 5.00 Å². The zero-order valence-corrected chi connectivity index (χ0v) is 16.2. The summed E-state index contributed by atoms with van der Waals surface area (Å²) in [7, 11) is 1.28. The summed E-state index contributed by atoms with van der Waals surface area (Å²) in [6.45, 7) is 2.38. The Labute approximate surface area is 165 Å². The minimum Gasteiger partial charge on any atom is -0.465 e. The Hall–Kier alpha value is -3.20. The van der Waals surface area contributed by atoms with Gasteiger partial charge in [0.05, 0.1) is 24.8 Å². The van der Waals surface area contributed by atoms with Crippen molar-refractivity contribution >= 4 is 40.0 Å². The van der Waals surface area contributed by atoms with E-state index in [1.54, 1.807) is 4.90 Å². The summed E-state index contributed by atoms with van der Waals surface area (Å²) in [5.74, 6) is -1.59. The number of methoxy groups -OCH3 is 1. The van der Waals surface area contributed by atoms with Gasteiger partial charge < -0.3 is 20.7 Å². The third kappa shape index (κ3) is 3.74. The maximum absolute atomic E-state index is 12.6. The number of benzene rings is 1. The van der Waals surface area contributed by atoms with Gasteiger partial charge in [0, 0.05) is 23.9 Å². The second-order valence-electron chi connectivity index (χ2n) is 6.29. The fourth-order valence-corrected chi connectivity index (χ4v) is 4.34. The first-order valence-electron chi connectivity index (χ1n) is 8.51. The molecule has 146 valence electrons. The van der Waals surface area contributed by atoms with E-state index in [9.17, 15) is 19.2 Å². The second-order valence-corrected chi connectivity index (χ2v) is 7.39. The van der Waals surface area contributed by atoms with Gasteiger partial charge in [0.2, 0.25) is 5.91 Å². The topological polar surface area (TPSA) is 119 Å². The van der Waals surface area contributed by atoms with Crippen molar-refractivity contribution in [3.8, 4) is 0 Å². The van der Waals surface area contributed by atoms with Crippen LogP contribution in [0.2, 0.25) is 0 Å². The van der Waals surface area contributed by atoms with Crippen molar-refractivity contribution in [2.75, 3.05) is 19.0 Å². The van der Waals surface area contributed by atoms with Crippen LogP contribution in [0.3, 0.4) is 0 Å². The summed E-state index contributed by atoms with van der Waals surface area (Å²) in [5.41, 5.74) is 7.27. The van der Waals surface area contributed by atoms with Gasteiger partial charge in [-0.2, -0.15) is 0 Å². The number of hydrogen-bond donors (Lipinski definition) is 2. The van der Waals surface area contributed by atoms with E-state index < -0.39 is 17.8 Å². The molecule has 0 aliphatic carbocycles. The molecular formula is C19H19N3O5S. The number of carbonyl (C=O) groups excluding carboxylic acids is 4. The predicted molar refractivity (Wildman–Crippen MR) is 103 cm³/mol. The molecule has 0 unspecified atom stereocenters. The average molecular weight is 401 g/mol. The van der Waals surface area contributed by atoms with Crippen molar-refractivity contribution in [2.45, 2.75) is 19.9 Å².